The molecule has 0 aromatic heterocycles. The summed E-state index contributed by atoms with van der Waals surface area (Å²) in [4.78, 5) is 26.0. The fourth-order valence-corrected chi connectivity index (χ4v) is 2.55. The van der Waals surface area contributed by atoms with Gasteiger partial charge in [0.2, 0.25) is 0 Å². The Balaban J connectivity index is 1.85. The lowest BCUT2D eigenvalue weighted by Crippen LogP contribution is -2.40. The van der Waals surface area contributed by atoms with E-state index in [2.05, 4.69) is 10.3 Å². The number of carbonyl (C=O) groups excluding carboxylic acids is 2. The van der Waals surface area contributed by atoms with Crippen molar-refractivity contribution in [3.8, 4) is 0 Å². The monoisotopic (exact) mass is 272 g/mol. The van der Waals surface area contributed by atoms with Gasteiger partial charge >= 0.3 is 0 Å². The topological polar surface area (TPSA) is 65.3 Å². The molecule has 2 amide bonds. The van der Waals surface area contributed by atoms with E-state index in [0.717, 1.165) is 18.5 Å². The minimum Gasteiger partial charge on any atom is -0.279 e. The molecule has 2 aliphatic heterocycles. The summed E-state index contributed by atoms with van der Waals surface area (Å²) >= 11 is 0. The Kier molecular flexibility index (Phi) is 3.22. The van der Waals surface area contributed by atoms with Gasteiger partial charge < -0.3 is 0 Å². The molecule has 6 nitrogen and oxygen atoms in total. The summed E-state index contributed by atoms with van der Waals surface area (Å²) in [6, 6.07) is 8.05. The van der Waals surface area contributed by atoms with Crippen LogP contribution in [-0.2, 0) is 9.59 Å². The van der Waals surface area contributed by atoms with Gasteiger partial charge in [0.05, 0.1) is 5.69 Å². The molecule has 1 saturated heterocycles. The first-order valence-electron chi connectivity index (χ1n) is 6.84. The van der Waals surface area contributed by atoms with Crippen molar-refractivity contribution in [3.05, 3.63) is 30.3 Å². The lowest BCUT2D eigenvalue weighted by molar-refractivity contribution is -0.139. The quantitative estimate of drug-likeness (QED) is 0.785. The standard InChI is InChI=1S/C14H16N4O2/c1-2-3-9-17-13(19)11-12(14(17)20)18(16-15-11)10-7-5-4-6-8-10/h4-8,11-12H,2-3,9H2,1H3. The molecule has 3 rings (SSSR count). The van der Waals surface area contributed by atoms with Crippen LogP contribution in [0.15, 0.2) is 40.7 Å². The summed E-state index contributed by atoms with van der Waals surface area (Å²) in [5.41, 5.74) is 0.780. The minimum atomic E-state index is -0.681. The van der Waals surface area contributed by atoms with Crippen LogP contribution in [0.25, 0.3) is 0 Å². The summed E-state index contributed by atoms with van der Waals surface area (Å²) in [6.45, 7) is 2.50. The highest BCUT2D eigenvalue weighted by Gasteiger charge is 2.54. The molecule has 104 valence electrons. The number of imide groups is 1. The van der Waals surface area contributed by atoms with Gasteiger partial charge in [0.15, 0.2) is 12.1 Å². The van der Waals surface area contributed by atoms with Crippen molar-refractivity contribution < 1.29 is 9.59 Å². The van der Waals surface area contributed by atoms with Crippen LogP contribution in [0.4, 0.5) is 5.69 Å². The van der Waals surface area contributed by atoms with Crippen molar-refractivity contribution in [1.29, 1.82) is 0 Å². The van der Waals surface area contributed by atoms with Gasteiger partial charge in [0.25, 0.3) is 11.8 Å². The van der Waals surface area contributed by atoms with Crippen LogP contribution in [0.2, 0.25) is 0 Å². The maximum absolute atomic E-state index is 12.4. The number of rotatable bonds is 4. The molecular formula is C14H16N4O2. The average molecular weight is 272 g/mol. The van der Waals surface area contributed by atoms with Gasteiger partial charge in [-0.25, -0.2) is 5.01 Å². The van der Waals surface area contributed by atoms with E-state index in [4.69, 9.17) is 0 Å². The highest BCUT2D eigenvalue weighted by molar-refractivity contribution is 6.11. The molecule has 2 unspecified atom stereocenters. The number of benzene rings is 1. The number of carbonyl (C=O) groups is 2. The van der Waals surface area contributed by atoms with Crippen LogP contribution in [0.3, 0.4) is 0 Å². The van der Waals surface area contributed by atoms with Crippen molar-refractivity contribution in [1.82, 2.24) is 4.90 Å². The van der Waals surface area contributed by atoms with Crippen LogP contribution < -0.4 is 5.01 Å². The van der Waals surface area contributed by atoms with Crippen molar-refractivity contribution in [2.45, 2.75) is 31.8 Å². The molecule has 0 saturated carbocycles. The zero-order chi connectivity index (χ0) is 14.1. The van der Waals surface area contributed by atoms with E-state index in [1.54, 1.807) is 5.01 Å². The highest BCUT2D eigenvalue weighted by Crippen LogP contribution is 2.32. The van der Waals surface area contributed by atoms with Crippen LogP contribution in [0, 0.1) is 0 Å². The molecule has 0 aliphatic carbocycles. The second-order valence-electron chi connectivity index (χ2n) is 4.96. The van der Waals surface area contributed by atoms with Crippen LogP contribution in [0.5, 0.6) is 0 Å². The molecule has 6 heteroatoms. The Bertz CT molecular complexity index is 558. The summed E-state index contributed by atoms with van der Waals surface area (Å²) in [6.07, 6.45) is 1.76. The summed E-state index contributed by atoms with van der Waals surface area (Å²) in [5.74, 6) is -0.419. The number of hydrogen-bond acceptors (Lipinski definition) is 5. The van der Waals surface area contributed by atoms with E-state index < -0.39 is 12.1 Å². The van der Waals surface area contributed by atoms with Gasteiger partial charge in [-0.15, -0.1) is 0 Å². The molecule has 1 aromatic rings. The molecule has 0 bridgehead atoms. The SMILES string of the molecule is CCCCN1C(=O)C2N=NN(c3ccccc3)C2C1=O. The predicted octanol–water partition coefficient (Wildman–Crippen LogP) is 1.78. The van der Waals surface area contributed by atoms with E-state index in [0.29, 0.717) is 6.54 Å². The lowest BCUT2D eigenvalue weighted by Gasteiger charge is -2.20. The first-order valence-corrected chi connectivity index (χ1v) is 6.84. The average Bonchev–Trinajstić information content (AvgIpc) is 3.01. The van der Waals surface area contributed by atoms with Gasteiger partial charge in [0.1, 0.15) is 0 Å². The summed E-state index contributed by atoms with van der Waals surface area (Å²) in [7, 11) is 0. The third-order valence-electron chi connectivity index (χ3n) is 3.63. The van der Waals surface area contributed by atoms with E-state index >= 15 is 0 Å². The number of fused-ring (bicyclic) bond motifs is 1. The molecule has 2 heterocycles. The number of nitrogens with zero attached hydrogens (tertiary/aromatic N) is 4. The maximum Gasteiger partial charge on any atom is 0.258 e. The van der Waals surface area contributed by atoms with Crippen molar-refractivity contribution in [2.24, 2.45) is 10.3 Å². The van der Waals surface area contributed by atoms with Crippen molar-refractivity contribution in [2.75, 3.05) is 11.6 Å². The Morgan fingerprint density at radius 1 is 1.15 bits per heavy atom. The molecule has 0 spiro atoms. The Morgan fingerprint density at radius 2 is 1.90 bits per heavy atom. The predicted molar refractivity (Wildman–Crippen MR) is 73.0 cm³/mol. The maximum atomic E-state index is 12.4. The Labute approximate surface area is 117 Å². The molecule has 2 aliphatic rings. The number of anilines is 1. The van der Waals surface area contributed by atoms with Crippen LogP contribution in [-0.4, -0.2) is 35.3 Å². The largest absolute Gasteiger partial charge is 0.279 e. The lowest BCUT2D eigenvalue weighted by atomic mass is 10.1. The van der Waals surface area contributed by atoms with Crippen molar-refractivity contribution >= 4 is 17.5 Å². The minimum absolute atomic E-state index is 0.192. The second kappa shape index (κ2) is 5.03. The van der Waals surface area contributed by atoms with Gasteiger partial charge in [-0.3, -0.25) is 14.5 Å². The summed E-state index contributed by atoms with van der Waals surface area (Å²) in [5, 5.41) is 9.53. The molecular weight excluding hydrogens is 256 g/mol. The number of hydrogen-bond donors (Lipinski definition) is 0. The van der Waals surface area contributed by atoms with Gasteiger partial charge in [-0.1, -0.05) is 36.8 Å². The number of unbranched alkanes of at least 4 members (excludes halogenated alkanes) is 1. The Hall–Kier alpha value is -2.24. The third-order valence-corrected chi connectivity index (χ3v) is 3.63. The number of amides is 2. The molecule has 20 heavy (non-hydrogen) atoms. The van der Waals surface area contributed by atoms with Gasteiger partial charge in [-0.05, 0) is 18.6 Å². The fourth-order valence-electron chi connectivity index (χ4n) is 2.55. The first-order chi connectivity index (χ1) is 9.74. The smallest absolute Gasteiger partial charge is 0.258 e. The first kappa shape index (κ1) is 12.8. The number of likely N-dealkylation sites (tertiary alicyclic amines) is 1. The van der Waals surface area contributed by atoms with E-state index in [9.17, 15) is 9.59 Å². The molecule has 0 radical (unpaired) electrons. The normalized spacial score (nSPS) is 24.6. The highest BCUT2D eigenvalue weighted by atomic mass is 16.2. The van der Waals surface area contributed by atoms with Gasteiger partial charge in [-0.2, -0.15) is 5.11 Å². The van der Waals surface area contributed by atoms with Crippen LogP contribution in [0.1, 0.15) is 19.8 Å². The second-order valence-corrected chi connectivity index (χ2v) is 4.96. The van der Waals surface area contributed by atoms with E-state index in [1.807, 2.05) is 37.3 Å². The van der Waals surface area contributed by atoms with E-state index in [1.165, 1.54) is 4.90 Å². The zero-order valence-corrected chi connectivity index (χ0v) is 11.3. The van der Waals surface area contributed by atoms with Crippen LogP contribution >= 0.6 is 0 Å². The van der Waals surface area contributed by atoms with E-state index in [-0.39, 0.29) is 11.8 Å². The fraction of sp³-hybridized carbons (Fsp3) is 0.429. The summed E-state index contributed by atoms with van der Waals surface area (Å²) < 4.78 is 0. The molecule has 1 aromatic carbocycles. The number of para-hydroxylation sites is 1. The molecule has 1 fully saturated rings. The zero-order valence-electron chi connectivity index (χ0n) is 11.3. The molecule has 0 N–H and O–H groups in total. The molecule has 2 atom stereocenters. The van der Waals surface area contributed by atoms with Gasteiger partial charge in [0, 0.05) is 6.54 Å². The Morgan fingerprint density at radius 3 is 2.60 bits per heavy atom. The third kappa shape index (κ3) is 1.88. The van der Waals surface area contributed by atoms with Crippen molar-refractivity contribution in [3.63, 3.8) is 0 Å².